The van der Waals surface area contributed by atoms with Gasteiger partial charge in [-0.3, -0.25) is 14.5 Å². The van der Waals surface area contributed by atoms with Crippen molar-refractivity contribution in [3.8, 4) is 0 Å². The maximum Gasteiger partial charge on any atom is 0.331 e. The van der Waals surface area contributed by atoms with Crippen LogP contribution in [0.15, 0.2) is 12.2 Å². The SMILES string of the molecule is COC(=O)C=CC(=O)OCCN(CC(=O)O)CC(=O)O. The van der Waals surface area contributed by atoms with Crippen LogP contribution in [0.3, 0.4) is 0 Å². The fraction of sp³-hybridized carbons (Fsp3) is 0.455. The van der Waals surface area contributed by atoms with Gasteiger partial charge in [-0.15, -0.1) is 0 Å². The molecule has 0 amide bonds. The number of carboxylic acid groups (broad SMARTS) is 2. The van der Waals surface area contributed by atoms with Gasteiger partial charge >= 0.3 is 23.9 Å². The van der Waals surface area contributed by atoms with Gasteiger partial charge in [-0.1, -0.05) is 0 Å². The lowest BCUT2D eigenvalue weighted by Crippen LogP contribution is -2.37. The number of ether oxygens (including phenoxy) is 2. The van der Waals surface area contributed by atoms with Crippen LogP contribution in [0.1, 0.15) is 0 Å². The third kappa shape index (κ3) is 9.59. The van der Waals surface area contributed by atoms with Crippen LogP contribution in [-0.2, 0) is 28.7 Å². The zero-order chi connectivity index (χ0) is 15.5. The first kappa shape index (κ1) is 17.6. The Balaban J connectivity index is 4.12. The monoisotopic (exact) mass is 289 g/mol. The molecule has 112 valence electrons. The van der Waals surface area contributed by atoms with Crippen LogP contribution in [-0.4, -0.2) is 72.3 Å². The largest absolute Gasteiger partial charge is 0.480 e. The van der Waals surface area contributed by atoms with E-state index < -0.39 is 37.0 Å². The predicted octanol–water partition coefficient (Wildman–Crippen LogP) is -1.27. The summed E-state index contributed by atoms with van der Waals surface area (Å²) < 4.78 is 8.93. The summed E-state index contributed by atoms with van der Waals surface area (Å²) in [5.74, 6) is -3.92. The Morgan fingerprint density at radius 1 is 1.00 bits per heavy atom. The molecule has 0 saturated carbocycles. The Morgan fingerprint density at radius 3 is 1.95 bits per heavy atom. The molecule has 20 heavy (non-hydrogen) atoms. The van der Waals surface area contributed by atoms with Gasteiger partial charge in [-0.05, 0) is 0 Å². The summed E-state index contributed by atoms with van der Waals surface area (Å²) in [5, 5.41) is 17.1. The molecule has 9 heteroatoms. The summed E-state index contributed by atoms with van der Waals surface area (Å²) in [5.41, 5.74) is 0. The molecule has 0 unspecified atom stereocenters. The number of methoxy groups -OCH3 is 1. The average Bonchev–Trinajstić information content (AvgIpc) is 2.34. The van der Waals surface area contributed by atoms with Gasteiger partial charge in [-0.2, -0.15) is 0 Å². The zero-order valence-electron chi connectivity index (χ0n) is 10.8. The van der Waals surface area contributed by atoms with E-state index in [1.54, 1.807) is 0 Å². The molecule has 0 rings (SSSR count). The average molecular weight is 289 g/mol. The van der Waals surface area contributed by atoms with Crippen molar-refractivity contribution in [2.45, 2.75) is 0 Å². The van der Waals surface area contributed by atoms with Crippen LogP contribution in [0.4, 0.5) is 0 Å². The summed E-state index contributed by atoms with van der Waals surface area (Å²) >= 11 is 0. The molecule has 0 aliphatic carbocycles. The number of hydrogen-bond donors (Lipinski definition) is 2. The lowest BCUT2D eigenvalue weighted by Gasteiger charge is -2.17. The minimum atomic E-state index is -1.19. The second kappa shape index (κ2) is 9.50. The van der Waals surface area contributed by atoms with Crippen LogP contribution >= 0.6 is 0 Å². The number of aliphatic carboxylic acids is 2. The molecule has 0 fully saturated rings. The van der Waals surface area contributed by atoms with Crippen LogP contribution in [0, 0.1) is 0 Å². The minimum Gasteiger partial charge on any atom is -0.480 e. The first-order valence-corrected chi connectivity index (χ1v) is 5.44. The van der Waals surface area contributed by atoms with Crippen molar-refractivity contribution in [3.05, 3.63) is 12.2 Å². The van der Waals surface area contributed by atoms with E-state index in [1.165, 1.54) is 0 Å². The zero-order valence-corrected chi connectivity index (χ0v) is 10.8. The molecule has 0 aromatic carbocycles. The number of rotatable bonds is 9. The van der Waals surface area contributed by atoms with E-state index in [2.05, 4.69) is 9.47 Å². The van der Waals surface area contributed by atoms with Crippen molar-refractivity contribution in [1.82, 2.24) is 4.90 Å². The minimum absolute atomic E-state index is 0.0591. The summed E-state index contributed by atoms with van der Waals surface area (Å²) in [4.78, 5) is 43.9. The summed E-state index contributed by atoms with van der Waals surface area (Å²) in [6.07, 6.45) is 1.72. The van der Waals surface area contributed by atoms with Crippen molar-refractivity contribution in [2.24, 2.45) is 0 Å². The molecule has 0 spiro atoms. The number of carbonyl (C=O) groups excluding carboxylic acids is 2. The van der Waals surface area contributed by atoms with Crippen LogP contribution < -0.4 is 0 Å². The summed E-state index contributed by atoms with van der Waals surface area (Å²) in [7, 11) is 1.15. The van der Waals surface area contributed by atoms with Gasteiger partial charge in [0.25, 0.3) is 0 Å². The molecule has 0 radical (unpaired) electrons. The van der Waals surface area contributed by atoms with Crippen molar-refractivity contribution in [3.63, 3.8) is 0 Å². The van der Waals surface area contributed by atoms with Gasteiger partial charge in [0, 0.05) is 18.7 Å². The van der Waals surface area contributed by atoms with Gasteiger partial charge in [0.15, 0.2) is 0 Å². The van der Waals surface area contributed by atoms with Crippen molar-refractivity contribution >= 4 is 23.9 Å². The Hall–Kier alpha value is -2.42. The van der Waals surface area contributed by atoms with E-state index in [-0.39, 0.29) is 13.2 Å². The molecule has 0 aromatic rings. The predicted molar refractivity (Wildman–Crippen MR) is 63.8 cm³/mol. The summed E-state index contributed by atoms with van der Waals surface area (Å²) in [6.45, 7) is -1.23. The molecule has 0 aliphatic heterocycles. The topological polar surface area (TPSA) is 130 Å². The van der Waals surface area contributed by atoms with Crippen LogP contribution in [0.25, 0.3) is 0 Å². The second-order valence-electron chi connectivity index (χ2n) is 3.52. The van der Waals surface area contributed by atoms with Gasteiger partial charge in [0.2, 0.25) is 0 Å². The highest BCUT2D eigenvalue weighted by Crippen LogP contribution is 1.91. The highest BCUT2D eigenvalue weighted by atomic mass is 16.5. The molecular formula is C11H15NO8. The van der Waals surface area contributed by atoms with Gasteiger partial charge < -0.3 is 19.7 Å². The highest BCUT2D eigenvalue weighted by Gasteiger charge is 2.13. The number of carbonyl (C=O) groups is 4. The molecule has 0 atom stereocenters. The van der Waals surface area contributed by atoms with Crippen LogP contribution in [0.2, 0.25) is 0 Å². The first-order chi connectivity index (χ1) is 9.35. The number of hydrogen-bond acceptors (Lipinski definition) is 7. The van der Waals surface area contributed by atoms with E-state index >= 15 is 0 Å². The molecule has 0 saturated heterocycles. The third-order valence-corrected chi connectivity index (χ3v) is 1.93. The molecule has 9 nitrogen and oxygen atoms in total. The van der Waals surface area contributed by atoms with Gasteiger partial charge in [0.1, 0.15) is 6.61 Å². The quantitative estimate of drug-likeness (QED) is 0.394. The third-order valence-electron chi connectivity index (χ3n) is 1.93. The van der Waals surface area contributed by atoms with E-state index in [0.29, 0.717) is 0 Å². The lowest BCUT2D eigenvalue weighted by atomic mass is 10.4. The Bertz CT molecular complexity index is 387. The van der Waals surface area contributed by atoms with E-state index in [0.717, 1.165) is 24.2 Å². The Morgan fingerprint density at radius 2 is 1.50 bits per heavy atom. The fourth-order valence-electron chi connectivity index (χ4n) is 1.12. The Labute approximate surface area is 114 Å². The van der Waals surface area contributed by atoms with E-state index in [9.17, 15) is 19.2 Å². The second-order valence-corrected chi connectivity index (χ2v) is 3.52. The van der Waals surface area contributed by atoms with Crippen molar-refractivity contribution in [2.75, 3.05) is 33.4 Å². The smallest absolute Gasteiger partial charge is 0.331 e. The fourth-order valence-corrected chi connectivity index (χ4v) is 1.12. The number of esters is 2. The summed E-state index contributed by atoms with van der Waals surface area (Å²) in [6, 6.07) is 0. The maximum absolute atomic E-state index is 11.1. The molecule has 2 N–H and O–H groups in total. The molecule has 0 heterocycles. The lowest BCUT2D eigenvalue weighted by molar-refractivity contribution is -0.143. The van der Waals surface area contributed by atoms with Crippen molar-refractivity contribution < 1.29 is 38.9 Å². The molecule has 0 bridgehead atoms. The van der Waals surface area contributed by atoms with E-state index in [1.807, 2.05) is 0 Å². The Kier molecular flexibility index (Phi) is 8.35. The molecular weight excluding hydrogens is 274 g/mol. The molecule has 0 aliphatic rings. The standard InChI is InChI=1S/C11H15NO8/c1-19-10(17)2-3-11(18)20-5-4-12(6-8(13)14)7-9(15)16/h2-3H,4-7H2,1H3,(H,13,14)(H,15,16). The normalized spacial score (nSPS) is 10.5. The van der Waals surface area contributed by atoms with Gasteiger partial charge in [0.05, 0.1) is 20.2 Å². The highest BCUT2D eigenvalue weighted by molar-refractivity contribution is 5.91. The number of carboxylic acids is 2. The maximum atomic E-state index is 11.1. The first-order valence-electron chi connectivity index (χ1n) is 5.44. The number of nitrogens with zero attached hydrogens (tertiary/aromatic N) is 1. The van der Waals surface area contributed by atoms with Crippen LogP contribution in [0.5, 0.6) is 0 Å². The molecule has 0 aromatic heterocycles. The van der Waals surface area contributed by atoms with Crippen molar-refractivity contribution in [1.29, 1.82) is 0 Å². The van der Waals surface area contributed by atoms with Gasteiger partial charge in [-0.25, -0.2) is 9.59 Å². The van der Waals surface area contributed by atoms with E-state index in [4.69, 9.17) is 10.2 Å².